The number of rotatable bonds is 4. The van der Waals surface area contributed by atoms with Crippen LogP contribution in [-0.4, -0.2) is 87.2 Å². The third-order valence-electron chi connectivity index (χ3n) is 5.35. The van der Waals surface area contributed by atoms with Gasteiger partial charge in [-0.3, -0.25) is 9.69 Å². The van der Waals surface area contributed by atoms with Crippen molar-refractivity contribution < 1.29 is 14.3 Å². The Morgan fingerprint density at radius 3 is 2.48 bits per heavy atom. The highest BCUT2D eigenvalue weighted by molar-refractivity contribution is 5.97. The third-order valence-corrected chi connectivity index (χ3v) is 5.35. The van der Waals surface area contributed by atoms with Crippen molar-refractivity contribution in [1.82, 2.24) is 14.7 Å². The van der Waals surface area contributed by atoms with E-state index >= 15 is 0 Å². The molecule has 2 aliphatic rings. The van der Waals surface area contributed by atoms with E-state index in [1.54, 1.807) is 26.4 Å². The van der Waals surface area contributed by atoms with Crippen molar-refractivity contribution in [3.63, 3.8) is 0 Å². The van der Waals surface area contributed by atoms with Gasteiger partial charge in [-0.1, -0.05) is 0 Å². The van der Waals surface area contributed by atoms with E-state index in [9.17, 15) is 4.79 Å². The molecular formula is C19H29N3O3. The van der Waals surface area contributed by atoms with E-state index < -0.39 is 0 Å². The number of ether oxygens (including phenoxy) is 2. The Morgan fingerprint density at radius 2 is 1.84 bits per heavy atom. The monoisotopic (exact) mass is 347 g/mol. The van der Waals surface area contributed by atoms with E-state index in [0.717, 1.165) is 32.7 Å². The fourth-order valence-corrected chi connectivity index (χ4v) is 3.88. The van der Waals surface area contributed by atoms with Crippen LogP contribution in [-0.2, 0) is 0 Å². The number of amides is 1. The van der Waals surface area contributed by atoms with Crippen LogP contribution in [0.1, 0.15) is 23.2 Å². The van der Waals surface area contributed by atoms with Crippen LogP contribution >= 0.6 is 0 Å². The molecule has 1 aromatic carbocycles. The molecule has 1 unspecified atom stereocenters. The number of likely N-dealkylation sites (tertiary alicyclic amines) is 1. The van der Waals surface area contributed by atoms with Crippen LogP contribution in [0.2, 0.25) is 0 Å². The van der Waals surface area contributed by atoms with Gasteiger partial charge in [0.15, 0.2) is 0 Å². The molecule has 1 amide bonds. The number of hydrogen-bond donors (Lipinski definition) is 0. The first-order valence-electron chi connectivity index (χ1n) is 9.06. The fourth-order valence-electron chi connectivity index (χ4n) is 3.88. The van der Waals surface area contributed by atoms with Crippen molar-refractivity contribution >= 4 is 5.91 Å². The highest BCUT2D eigenvalue weighted by Crippen LogP contribution is 2.26. The van der Waals surface area contributed by atoms with Crippen LogP contribution in [0, 0.1) is 0 Å². The number of piperazine rings is 1. The van der Waals surface area contributed by atoms with Crippen molar-refractivity contribution in [3.05, 3.63) is 23.8 Å². The Kier molecular flexibility index (Phi) is 5.81. The molecule has 2 saturated heterocycles. The van der Waals surface area contributed by atoms with Gasteiger partial charge in [-0.05, 0) is 44.6 Å². The molecular weight excluding hydrogens is 318 g/mol. The van der Waals surface area contributed by atoms with Crippen LogP contribution in [0.3, 0.4) is 0 Å². The summed E-state index contributed by atoms with van der Waals surface area (Å²) in [6, 6.07) is 6.00. The average Bonchev–Trinajstić information content (AvgIpc) is 2.67. The van der Waals surface area contributed by atoms with Crippen molar-refractivity contribution in [3.8, 4) is 11.5 Å². The molecule has 1 atom stereocenters. The summed E-state index contributed by atoms with van der Waals surface area (Å²) in [5.41, 5.74) is 0.577. The molecule has 0 spiro atoms. The fraction of sp³-hybridized carbons (Fsp3) is 0.632. The van der Waals surface area contributed by atoms with Crippen molar-refractivity contribution in [2.75, 3.05) is 60.5 Å². The molecule has 138 valence electrons. The van der Waals surface area contributed by atoms with Crippen LogP contribution in [0.4, 0.5) is 0 Å². The molecule has 0 aliphatic carbocycles. The minimum Gasteiger partial charge on any atom is -0.497 e. The molecule has 0 radical (unpaired) electrons. The number of benzene rings is 1. The molecule has 0 bridgehead atoms. The van der Waals surface area contributed by atoms with E-state index in [1.807, 2.05) is 11.0 Å². The lowest BCUT2D eigenvalue weighted by Crippen LogP contribution is -2.55. The molecule has 25 heavy (non-hydrogen) atoms. The van der Waals surface area contributed by atoms with Crippen LogP contribution in [0.15, 0.2) is 18.2 Å². The van der Waals surface area contributed by atoms with E-state index in [-0.39, 0.29) is 5.91 Å². The summed E-state index contributed by atoms with van der Waals surface area (Å²) < 4.78 is 10.6. The summed E-state index contributed by atoms with van der Waals surface area (Å²) in [6.07, 6.45) is 2.53. The van der Waals surface area contributed by atoms with E-state index in [1.165, 1.54) is 19.4 Å². The van der Waals surface area contributed by atoms with Gasteiger partial charge in [-0.25, -0.2) is 0 Å². The molecule has 0 aromatic heterocycles. The van der Waals surface area contributed by atoms with Crippen molar-refractivity contribution in [2.24, 2.45) is 0 Å². The zero-order chi connectivity index (χ0) is 17.8. The van der Waals surface area contributed by atoms with Gasteiger partial charge in [0.05, 0.1) is 19.8 Å². The summed E-state index contributed by atoms with van der Waals surface area (Å²) in [7, 11) is 5.40. The molecule has 0 N–H and O–H groups in total. The number of carbonyl (C=O) groups is 1. The summed E-state index contributed by atoms with van der Waals surface area (Å²) in [4.78, 5) is 19.8. The lowest BCUT2D eigenvalue weighted by atomic mass is 10.0. The van der Waals surface area contributed by atoms with Gasteiger partial charge < -0.3 is 19.3 Å². The second-order valence-electron chi connectivity index (χ2n) is 6.95. The highest BCUT2D eigenvalue weighted by Gasteiger charge is 2.29. The largest absolute Gasteiger partial charge is 0.497 e. The maximum absolute atomic E-state index is 12.9. The predicted molar refractivity (Wildman–Crippen MR) is 97.5 cm³/mol. The van der Waals surface area contributed by atoms with Gasteiger partial charge in [0.25, 0.3) is 5.91 Å². The normalized spacial score (nSPS) is 22.7. The zero-order valence-corrected chi connectivity index (χ0v) is 15.5. The van der Waals surface area contributed by atoms with Gasteiger partial charge in [0, 0.05) is 38.8 Å². The van der Waals surface area contributed by atoms with Crippen LogP contribution < -0.4 is 9.47 Å². The standard InChI is InChI=1S/C19H29N3O3/c1-20-8-4-5-15(14-20)21-9-11-22(12-10-21)19(23)17-13-16(24-2)6-7-18(17)25-3/h6-7,13,15H,4-5,8-12,14H2,1-3H3. The Morgan fingerprint density at radius 1 is 1.08 bits per heavy atom. The van der Waals surface area contributed by atoms with Crippen molar-refractivity contribution in [2.45, 2.75) is 18.9 Å². The van der Waals surface area contributed by atoms with Gasteiger partial charge in [-0.15, -0.1) is 0 Å². The molecule has 6 heteroatoms. The minimum atomic E-state index is 0.0242. The van der Waals surface area contributed by atoms with Gasteiger partial charge >= 0.3 is 0 Å². The second-order valence-corrected chi connectivity index (χ2v) is 6.95. The van der Waals surface area contributed by atoms with E-state index in [2.05, 4.69) is 16.8 Å². The predicted octanol–water partition coefficient (Wildman–Crippen LogP) is 1.56. The van der Waals surface area contributed by atoms with Gasteiger partial charge in [-0.2, -0.15) is 0 Å². The average molecular weight is 347 g/mol. The number of carbonyl (C=O) groups excluding carboxylic acids is 1. The van der Waals surface area contributed by atoms with E-state index in [4.69, 9.17) is 9.47 Å². The molecule has 2 aliphatic heterocycles. The summed E-state index contributed by atoms with van der Waals surface area (Å²) in [5.74, 6) is 1.30. The van der Waals surface area contributed by atoms with Crippen molar-refractivity contribution in [1.29, 1.82) is 0 Å². The Labute approximate surface area is 150 Å². The number of nitrogens with zero attached hydrogens (tertiary/aromatic N) is 3. The lowest BCUT2D eigenvalue weighted by Gasteiger charge is -2.42. The SMILES string of the molecule is COc1ccc(OC)c(C(=O)N2CCN(C3CCCN(C)C3)CC2)c1. The number of hydrogen-bond acceptors (Lipinski definition) is 5. The number of methoxy groups -OCH3 is 2. The molecule has 2 heterocycles. The molecule has 1 aromatic rings. The van der Waals surface area contributed by atoms with Crippen LogP contribution in [0.5, 0.6) is 11.5 Å². The summed E-state index contributed by atoms with van der Waals surface area (Å²) >= 11 is 0. The first-order chi connectivity index (χ1) is 12.1. The topological polar surface area (TPSA) is 45.3 Å². The first-order valence-corrected chi connectivity index (χ1v) is 9.06. The maximum Gasteiger partial charge on any atom is 0.257 e. The Balaban J connectivity index is 1.63. The lowest BCUT2D eigenvalue weighted by molar-refractivity contribution is 0.0450. The molecule has 2 fully saturated rings. The second kappa shape index (κ2) is 8.06. The summed E-state index contributed by atoms with van der Waals surface area (Å²) in [6.45, 7) is 5.74. The zero-order valence-electron chi connectivity index (χ0n) is 15.5. The maximum atomic E-state index is 12.9. The summed E-state index contributed by atoms with van der Waals surface area (Å²) in [5, 5.41) is 0. The van der Waals surface area contributed by atoms with Gasteiger partial charge in [0.2, 0.25) is 0 Å². The first kappa shape index (κ1) is 18.0. The number of piperidine rings is 1. The Bertz CT molecular complexity index is 600. The quantitative estimate of drug-likeness (QED) is 0.827. The smallest absolute Gasteiger partial charge is 0.257 e. The van der Waals surface area contributed by atoms with E-state index in [0.29, 0.717) is 23.1 Å². The molecule has 0 saturated carbocycles. The Hall–Kier alpha value is -1.79. The highest BCUT2D eigenvalue weighted by atomic mass is 16.5. The molecule has 6 nitrogen and oxygen atoms in total. The minimum absolute atomic E-state index is 0.0242. The third kappa shape index (κ3) is 4.07. The molecule has 3 rings (SSSR count). The van der Waals surface area contributed by atoms with Gasteiger partial charge in [0.1, 0.15) is 11.5 Å². The number of likely N-dealkylation sites (N-methyl/N-ethyl adjacent to an activating group) is 1. The van der Waals surface area contributed by atoms with Crippen LogP contribution in [0.25, 0.3) is 0 Å².